The Hall–Kier alpha value is -0.580. The largest absolute Gasteiger partial charge is 0.496 e. The Morgan fingerprint density at radius 3 is 3.00 bits per heavy atom. The minimum absolute atomic E-state index is 0.0432. The molecule has 1 aliphatic heterocycles. The van der Waals surface area contributed by atoms with E-state index in [1.165, 1.54) is 6.42 Å². The van der Waals surface area contributed by atoms with Crippen molar-refractivity contribution in [2.45, 2.75) is 32.2 Å². The van der Waals surface area contributed by atoms with Crippen molar-refractivity contribution in [1.29, 1.82) is 0 Å². The van der Waals surface area contributed by atoms with Gasteiger partial charge in [0.05, 0.1) is 18.2 Å². The van der Waals surface area contributed by atoms with E-state index in [1.807, 2.05) is 18.2 Å². The molecular weight excluding hydrogens is 284 g/mol. The quantitative estimate of drug-likeness (QED) is 0.852. The molecule has 0 N–H and O–H groups in total. The summed E-state index contributed by atoms with van der Waals surface area (Å²) >= 11 is 3.43. The van der Waals surface area contributed by atoms with E-state index in [9.17, 15) is 0 Å². The van der Waals surface area contributed by atoms with Crippen molar-refractivity contribution in [1.82, 2.24) is 0 Å². The van der Waals surface area contributed by atoms with Crippen molar-refractivity contribution < 1.29 is 14.2 Å². The van der Waals surface area contributed by atoms with Crippen LogP contribution in [0.15, 0.2) is 22.7 Å². The molecule has 0 amide bonds. The molecule has 0 saturated carbocycles. The molecule has 0 bridgehead atoms. The second kappa shape index (κ2) is 6.38. The highest BCUT2D eigenvalue weighted by Crippen LogP contribution is 2.26. The Bertz CT molecular complexity index is 362. The molecule has 1 fully saturated rings. The minimum atomic E-state index is -0.0432. The number of hydrogen-bond donors (Lipinski definition) is 0. The molecule has 0 aliphatic carbocycles. The number of methoxy groups -OCH3 is 1. The van der Waals surface area contributed by atoms with Crippen LogP contribution < -0.4 is 4.74 Å². The highest BCUT2D eigenvalue weighted by molar-refractivity contribution is 9.10. The van der Waals surface area contributed by atoms with E-state index in [0.717, 1.165) is 35.2 Å². The number of rotatable bonds is 4. The standard InChI is InChI=1S/C13H17BrO3/c1-15-12-8-10(5-6-11(12)14)9-17-13-4-2-3-7-16-13/h5-6,8,13H,2-4,7,9H2,1H3. The lowest BCUT2D eigenvalue weighted by atomic mass is 10.2. The van der Waals surface area contributed by atoms with Gasteiger partial charge in [0.25, 0.3) is 0 Å². The Balaban J connectivity index is 1.89. The summed E-state index contributed by atoms with van der Waals surface area (Å²) in [5.41, 5.74) is 1.10. The minimum Gasteiger partial charge on any atom is -0.496 e. The molecule has 1 aromatic rings. The third-order valence-electron chi connectivity index (χ3n) is 2.79. The predicted octanol–water partition coefficient (Wildman–Crippen LogP) is 3.50. The fourth-order valence-corrected chi connectivity index (χ4v) is 2.23. The summed E-state index contributed by atoms with van der Waals surface area (Å²) in [4.78, 5) is 0. The fraction of sp³-hybridized carbons (Fsp3) is 0.538. The molecule has 0 spiro atoms. The molecule has 94 valence electrons. The molecule has 4 heteroatoms. The van der Waals surface area contributed by atoms with E-state index in [1.54, 1.807) is 7.11 Å². The van der Waals surface area contributed by atoms with Gasteiger partial charge in [0.2, 0.25) is 0 Å². The maximum absolute atomic E-state index is 5.72. The first-order valence-corrected chi connectivity index (χ1v) is 6.64. The van der Waals surface area contributed by atoms with Gasteiger partial charge in [-0.15, -0.1) is 0 Å². The van der Waals surface area contributed by atoms with Crippen LogP contribution in [0.25, 0.3) is 0 Å². The maximum atomic E-state index is 5.72. The number of ether oxygens (including phenoxy) is 3. The summed E-state index contributed by atoms with van der Waals surface area (Å²) in [6.07, 6.45) is 3.28. The zero-order valence-corrected chi connectivity index (χ0v) is 11.5. The first-order valence-electron chi connectivity index (χ1n) is 5.85. The van der Waals surface area contributed by atoms with Gasteiger partial charge in [-0.1, -0.05) is 6.07 Å². The summed E-state index contributed by atoms with van der Waals surface area (Å²) in [6, 6.07) is 5.97. The molecule has 17 heavy (non-hydrogen) atoms. The van der Waals surface area contributed by atoms with Crippen LogP contribution in [-0.2, 0) is 16.1 Å². The number of hydrogen-bond acceptors (Lipinski definition) is 3. The highest BCUT2D eigenvalue weighted by atomic mass is 79.9. The number of benzene rings is 1. The van der Waals surface area contributed by atoms with Gasteiger partial charge in [-0.25, -0.2) is 0 Å². The molecule has 1 heterocycles. The predicted molar refractivity (Wildman–Crippen MR) is 69.1 cm³/mol. The molecule has 0 radical (unpaired) electrons. The van der Waals surface area contributed by atoms with Gasteiger partial charge >= 0.3 is 0 Å². The van der Waals surface area contributed by atoms with Gasteiger partial charge in [-0.05, 0) is 52.9 Å². The van der Waals surface area contributed by atoms with Crippen molar-refractivity contribution in [2.75, 3.05) is 13.7 Å². The monoisotopic (exact) mass is 300 g/mol. The van der Waals surface area contributed by atoms with E-state index in [4.69, 9.17) is 14.2 Å². The van der Waals surface area contributed by atoms with E-state index in [0.29, 0.717) is 6.61 Å². The van der Waals surface area contributed by atoms with Gasteiger partial charge < -0.3 is 14.2 Å². The van der Waals surface area contributed by atoms with Crippen LogP contribution in [0.3, 0.4) is 0 Å². The van der Waals surface area contributed by atoms with Crippen molar-refractivity contribution in [3.63, 3.8) is 0 Å². The lowest BCUT2D eigenvalue weighted by Gasteiger charge is -2.22. The zero-order chi connectivity index (χ0) is 12.1. The average Bonchev–Trinajstić information content (AvgIpc) is 2.39. The van der Waals surface area contributed by atoms with E-state index in [2.05, 4.69) is 15.9 Å². The van der Waals surface area contributed by atoms with E-state index in [-0.39, 0.29) is 6.29 Å². The molecule has 1 aromatic carbocycles. The SMILES string of the molecule is COc1cc(COC2CCCCO2)ccc1Br. The lowest BCUT2D eigenvalue weighted by Crippen LogP contribution is -2.21. The normalized spacial score (nSPS) is 20.2. The van der Waals surface area contributed by atoms with Gasteiger partial charge in [0.1, 0.15) is 5.75 Å². The second-order valence-corrected chi connectivity index (χ2v) is 4.93. The molecule has 1 aliphatic rings. The van der Waals surface area contributed by atoms with Gasteiger partial charge in [-0.2, -0.15) is 0 Å². The summed E-state index contributed by atoms with van der Waals surface area (Å²) in [6.45, 7) is 1.38. The Labute approximate surface area is 110 Å². The smallest absolute Gasteiger partial charge is 0.158 e. The average molecular weight is 301 g/mol. The molecule has 1 saturated heterocycles. The maximum Gasteiger partial charge on any atom is 0.158 e. The summed E-state index contributed by atoms with van der Waals surface area (Å²) in [7, 11) is 1.66. The van der Waals surface area contributed by atoms with Crippen molar-refractivity contribution >= 4 is 15.9 Å². The summed E-state index contributed by atoms with van der Waals surface area (Å²) in [5.74, 6) is 0.829. The van der Waals surface area contributed by atoms with Crippen LogP contribution in [0.2, 0.25) is 0 Å². The second-order valence-electron chi connectivity index (χ2n) is 4.08. The van der Waals surface area contributed by atoms with Crippen molar-refractivity contribution in [3.05, 3.63) is 28.2 Å². The van der Waals surface area contributed by atoms with E-state index < -0.39 is 0 Å². The Kier molecular flexibility index (Phi) is 4.83. The van der Waals surface area contributed by atoms with Crippen LogP contribution in [0, 0.1) is 0 Å². The summed E-state index contributed by atoms with van der Waals surface area (Å²) in [5, 5.41) is 0. The van der Waals surface area contributed by atoms with Gasteiger partial charge in [0.15, 0.2) is 6.29 Å². The van der Waals surface area contributed by atoms with Crippen LogP contribution in [0.5, 0.6) is 5.75 Å². The molecule has 3 nitrogen and oxygen atoms in total. The third kappa shape index (κ3) is 3.69. The number of halogens is 1. The topological polar surface area (TPSA) is 27.7 Å². The van der Waals surface area contributed by atoms with Crippen molar-refractivity contribution in [2.24, 2.45) is 0 Å². The summed E-state index contributed by atoms with van der Waals surface area (Å²) < 4.78 is 17.4. The van der Waals surface area contributed by atoms with Crippen LogP contribution in [0.4, 0.5) is 0 Å². The Morgan fingerprint density at radius 1 is 1.41 bits per heavy atom. The van der Waals surface area contributed by atoms with Gasteiger partial charge in [-0.3, -0.25) is 0 Å². The van der Waals surface area contributed by atoms with Crippen LogP contribution in [0.1, 0.15) is 24.8 Å². The van der Waals surface area contributed by atoms with E-state index >= 15 is 0 Å². The van der Waals surface area contributed by atoms with Gasteiger partial charge in [0, 0.05) is 6.61 Å². The first kappa shape index (κ1) is 12.9. The molecule has 0 aromatic heterocycles. The molecule has 1 atom stereocenters. The van der Waals surface area contributed by atoms with Crippen LogP contribution in [-0.4, -0.2) is 20.0 Å². The van der Waals surface area contributed by atoms with Crippen molar-refractivity contribution in [3.8, 4) is 5.75 Å². The third-order valence-corrected chi connectivity index (χ3v) is 3.44. The molecular formula is C13H17BrO3. The zero-order valence-electron chi connectivity index (χ0n) is 9.95. The molecule has 1 unspecified atom stereocenters. The lowest BCUT2D eigenvalue weighted by molar-refractivity contribution is -0.168. The molecule has 2 rings (SSSR count). The first-order chi connectivity index (χ1) is 8.29. The highest BCUT2D eigenvalue weighted by Gasteiger charge is 2.14. The van der Waals surface area contributed by atoms with Crippen LogP contribution >= 0.6 is 15.9 Å². The fourth-order valence-electron chi connectivity index (χ4n) is 1.83. The Morgan fingerprint density at radius 2 is 2.29 bits per heavy atom.